The predicted octanol–water partition coefficient (Wildman–Crippen LogP) is 1.71. The summed E-state index contributed by atoms with van der Waals surface area (Å²) in [6.45, 7) is 7.44. The Balaban J connectivity index is 2.05. The van der Waals surface area contributed by atoms with Crippen molar-refractivity contribution in [3.63, 3.8) is 0 Å². The lowest BCUT2D eigenvalue weighted by molar-refractivity contribution is -0.681. The first kappa shape index (κ1) is 10.3. The summed E-state index contributed by atoms with van der Waals surface area (Å²) in [5.74, 6) is 0.701. The van der Waals surface area contributed by atoms with Crippen LogP contribution in [0.2, 0.25) is 0 Å². The molecule has 0 saturated carbocycles. The van der Waals surface area contributed by atoms with Gasteiger partial charge in [0.05, 0.1) is 5.92 Å². The van der Waals surface area contributed by atoms with Crippen LogP contribution in [0.4, 0.5) is 0 Å². The van der Waals surface area contributed by atoms with Crippen molar-refractivity contribution in [1.29, 1.82) is 0 Å². The first-order chi connectivity index (χ1) is 7.62. The van der Waals surface area contributed by atoms with Crippen molar-refractivity contribution >= 4 is 0 Å². The van der Waals surface area contributed by atoms with Gasteiger partial charge in [-0.2, -0.15) is 0 Å². The summed E-state index contributed by atoms with van der Waals surface area (Å²) in [5, 5.41) is 0. The van der Waals surface area contributed by atoms with E-state index in [0.717, 1.165) is 0 Å². The summed E-state index contributed by atoms with van der Waals surface area (Å²) in [6.07, 6.45) is 3.53. The molecular weight excluding hydrogens is 196 g/mol. The Hall–Kier alpha value is -0.890. The van der Waals surface area contributed by atoms with Crippen LogP contribution in [-0.2, 0) is 7.05 Å². The van der Waals surface area contributed by atoms with Gasteiger partial charge in [0.1, 0.15) is 7.05 Å². The monoisotopic (exact) mass is 217 g/mol. The zero-order valence-electron chi connectivity index (χ0n) is 10.5. The first-order valence-electron chi connectivity index (χ1n) is 6.30. The second kappa shape index (κ2) is 3.30. The van der Waals surface area contributed by atoms with E-state index in [9.17, 15) is 0 Å². The number of pyridine rings is 1. The van der Waals surface area contributed by atoms with Crippen LogP contribution in [-0.4, -0.2) is 24.0 Å². The third-order valence-corrected chi connectivity index (χ3v) is 4.76. The molecule has 1 aromatic heterocycles. The van der Waals surface area contributed by atoms with Crippen molar-refractivity contribution in [1.82, 2.24) is 4.90 Å². The van der Waals surface area contributed by atoms with Crippen molar-refractivity contribution in [3.05, 3.63) is 30.1 Å². The van der Waals surface area contributed by atoms with Gasteiger partial charge in [-0.25, -0.2) is 4.57 Å². The lowest BCUT2D eigenvalue weighted by Gasteiger charge is -2.33. The van der Waals surface area contributed by atoms with Crippen molar-refractivity contribution in [2.24, 2.45) is 12.5 Å². The zero-order chi connectivity index (χ0) is 11.3. The molecule has 4 atom stereocenters. The van der Waals surface area contributed by atoms with Crippen LogP contribution >= 0.6 is 0 Å². The average molecular weight is 217 g/mol. The number of nitrogens with zero attached hydrogens (tertiary/aromatic N) is 2. The molecule has 3 heterocycles. The minimum atomic E-state index is 0.499. The Labute approximate surface area is 97.9 Å². The van der Waals surface area contributed by atoms with Crippen LogP contribution in [0.1, 0.15) is 31.9 Å². The van der Waals surface area contributed by atoms with Crippen LogP contribution in [0, 0.1) is 5.41 Å². The first-order valence-corrected chi connectivity index (χ1v) is 6.30. The lowest BCUT2D eigenvalue weighted by Crippen LogP contribution is -2.43. The summed E-state index contributed by atoms with van der Waals surface area (Å²) in [4.78, 5) is 2.65. The van der Waals surface area contributed by atoms with Gasteiger partial charge in [0.15, 0.2) is 11.9 Å². The van der Waals surface area contributed by atoms with Crippen LogP contribution in [0.5, 0.6) is 0 Å². The highest BCUT2D eigenvalue weighted by Gasteiger charge is 2.55. The second-order valence-corrected chi connectivity index (χ2v) is 5.83. The number of hydrogen-bond donors (Lipinski definition) is 0. The van der Waals surface area contributed by atoms with E-state index < -0.39 is 0 Å². The summed E-state index contributed by atoms with van der Waals surface area (Å²) in [6, 6.07) is 7.29. The van der Waals surface area contributed by atoms with Gasteiger partial charge in [-0.15, -0.1) is 0 Å². The molecule has 0 N–H and O–H groups in total. The highest BCUT2D eigenvalue weighted by atomic mass is 15.2. The molecule has 86 valence electrons. The SMILES string of the molecule is CC1C(c2cccc[n+]2C)C2(C)CCN1C2. The maximum absolute atomic E-state index is 2.65. The Kier molecular flexibility index (Phi) is 2.12. The third kappa shape index (κ3) is 1.26. The Morgan fingerprint density at radius 1 is 1.44 bits per heavy atom. The fourth-order valence-electron chi connectivity index (χ4n) is 3.88. The topological polar surface area (TPSA) is 7.12 Å². The Morgan fingerprint density at radius 3 is 2.88 bits per heavy atom. The van der Waals surface area contributed by atoms with E-state index >= 15 is 0 Å². The fraction of sp³-hybridized carbons (Fsp3) is 0.643. The van der Waals surface area contributed by atoms with Gasteiger partial charge in [0.25, 0.3) is 0 Å². The molecule has 4 unspecified atom stereocenters. The molecule has 2 bridgehead atoms. The molecule has 16 heavy (non-hydrogen) atoms. The molecule has 2 heteroatoms. The summed E-state index contributed by atoms with van der Waals surface area (Å²) >= 11 is 0. The van der Waals surface area contributed by atoms with Gasteiger partial charge in [-0.1, -0.05) is 13.0 Å². The molecule has 1 aromatic rings. The maximum Gasteiger partial charge on any atom is 0.186 e. The second-order valence-electron chi connectivity index (χ2n) is 5.83. The minimum absolute atomic E-state index is 0.499. The zero-order valence-corrected chi connectivity index (χ0v) is 10.5. The Morgan fingerprint density at radius 2 is 2.25 bits per heavy atom. The average Bonchev–Trinajstić information content (AvgIpc) is 2.74. The largest absolute Gasteiger partial charge is 0.299 e. The van der Waals surface area contributed by atoms with Crippen LogP contribution in [0.25, 0.3) is 0 Å². The molecule has 0 aromatic carbocycles. The number of aromatic nitrogens is 1. The van der Waals surface area contributed by atoms with Gasteiger partial charge in [0, 0.05) is 24.7 Å². The van der Waals surface area contributed by atoms with Gasteiger partial charge in [0.2, 0.25) is 0 Å². The summed E-state index contributed by atoms with van der Waals surface area (Å²) < 4.78 is 2.30. The molecule has 2 saturated heterocycles. The normalized spacial score (nSPS) is 41.6. The van der Waals surface area contributed by atoms with E-state index in [1.807, 2.05) is 0 Å². The highest BCUT2D eigenvalue weighted by molar-refractivity contribution is 5.19. The van der Waals surface area contributed by atoms with Crippen molar-refractivity contribution < 1.29 is 4.57 Å². The van der Waals surface area contributed by atoms with E-state index in [1.165, 1.54) is 25.2 Å². The van der Waals surface area contributed by atoms with E-state index in [-0.39, 0.29) is 0 Å². The Bertz CT molecular complexity index is 415. The maximum atomic E-state index is 2.65. The molecule has 0 amide bonds. The molecule has 2 aliphatic heterocycles. The van der Waals surface area contributed by atoms with Crippen LogP contribution in [0.15, 0.2) is 24.4 Å². The van der Waals surface area contributed by atoms with E-state index in [2.05, 4.69) is 54.8 Å². The summed E-state index contributed by atoms with van der Waals surface area (Å²) in [5.41, 5.74) is 2.00. The van der Waals surface area contributed by atoms with E-state index in [1.54, 1.807) is 0 Å². The summed E-state index contributed by atoms with van der Waals surface area (Å²) in [7, 11) is 2.17. The highest BCUT2D eigenvalue weighted by Crippen LogP contribution is 2.52. The minimum Gasteiger partial charge on any atom is -0.299 e. The van der Waals surface area contributed by atoms with Gasteiger partial charge in [-0.3, -0.25) is 4.90 Å². The number of piperidine rings is 1. The molecule has 0 spiro atoms. The standard InChI is InChI=1S/C14H21N2/c1-11-13(12-6-4-5-8-15(12)3)14(2)7-9-16(11)10-14/h4-6,8,11,13H,7,9-10H2,1-3H3/q+1. The number of aryl methyl sites for hydroxylation is 1. The predicted molar refractivity (Wildman–Crippen MR) is 64.1 cm³/mol. The van der Waals surface area contributed by atoms with Crippen molar-refractivity contribution in [2.45, 2.75) is 32.2 Å². The van der Waals surface area contributed by atoms with Gasteiger partial charge >= 0.3 is 0 Å². The van der Waals surface area contributed by atoms with Gasteiger partial charge < -0.3 is 0 Å². The number of rotatable bonds is 1. The molecular formula is C14H21N2+. The van der Waals surface area contributed by atoms with Crippen LogP contribution < -0.4 is 4.57 Å². The van der Waals surface area contributed by atoms with Gasteiger partial charge in [-0.05, 0) is 25.3 Å². The molecule has 3 rings (SSSR count). The fourth-order valence-corrected chi connectivity index (χ4v) is 3.88. The smallest absolute Gasteiger partial charge is 0.186 e. The third-order valence-electron chi connectivity index (χ3n) is 4.76. The number of hydrogen-bond acceptors (Lipinski definition) is 1. The quantitative estimate of drug-likeness (QED) is 0.650. The molecule has 2 fully saturated rings. The van der Waals surface area contributed by atoms with Crippen LogP contribution in [0.3, 0.4) is 0 Å². The molecule has 0 radical (unpaired) electrons. The van der Waals surface area contributed by atoms with Crippen molar-refractivity contribution in [3.8, 4) is 0 Å². The molecule has 0 aliphatic carbocycles. The number of fused-ring (bicyclic) bond motifs is 2. The van der Waals surface area contributed by atoms with E-state index in [0.29, 0.717) is 17.4 Å². The van der Waals surface area contributed by atoms with Crippen molar-refractivity contribution in [2.75, 3.05) is 13.1 Å². The molecule has 2 nitrogen and oxygen atoms in total. The van der Waals surface area contributed by atoms with E-state index in [4.69, 9.17) is 0 Å². The lowest BCUT2D eigenvalue weighted by atomic mass is 9.72. The molecule has 2 aliphatic rings.